The van der Waals surface area contributed by atoms with Crippen molar-refractivity contribution < 1.29 is 31.8 Å². The van der Waals surface area contributed by atoms with E-state index in [0.29, 0.717) is 49.7 Å². The van der Waals surface area contributed by atoms with Crippen molar-refractivity contribution in [2.75, 3.05) is 32.8 Å². The van der Waals surface area contributed by atoms with Crippen LogP contribution in [0.15, 0.2) is 47.7 Å². The third-order valence-corrected chi connectivity index (χ3v) is 5.57. The van der Waals surface area contributed by atoms with E-state index in [1.807, 2.05) is 0 Å². The molecule has 2 aromatic rings. The van der Waals surface area contributed by atoms with Gasteiger partial charge in [-0.2, -0.15) is 5.10 Å². The van der Waals surface area contributed by atoms with E-state index in [1.165, 1.54) is 29.4 Å². The molecule has 34 heavy (non-hydrogen) atoms. The lowest BCUT2D eigenvalue weighted by Crippen LogP contribution is -2.49. The standard InChI is InChI=1S/C22H23F4N5O3/c1-14(16-4-7-19(27-12-16)34-22(24,25)26)28-21(32)31-13-18(30-8-10-33-11-9-30)20(29-31)15-2-5-17(23)6-3-15/h2-7,12,14,18H,8-11,13H2,1H3,(H,28,32)/t14-,18+/m1/s1. The summed E-state index contributed by atoms with van der Waals surface area (Å²) in [5.41, 5.74) is 1.86. The van der Waals surface area contributed by atoms with Gasteiger partial charge in [-0.3, -0.25) is 4.90 Å². The van der Waals surface area contributed by atoms with Gasteiger partial charge in [-0.25, -0.2) is 19.2 Å². The first-order chi connectivity index (χ1) is 16.2. The van der Waals surface area contributed by atoms with Crippen molar-refractivity contribution in [3.63, 3.8) is 0 Å². The van der Waals surface area contributed by atoms with E-state index in [1.54, 1.807) is 19.1 Å². The van der Waals surface area contributed by atoms with Crippen molar-refractivity contribution in [1.29, 1.82) is 0 Å². The predicted molar refractivity (Wildman–Crippen MR) is 114 cm³/mol. The van der Waals surface area contributed by atoms with Gasteiger partial charge in [-0.05, 0) is 30.2 Å². The maximum atomic E-state index is 13.4. The summed E-state index contributed by atoms with van der Waals surface area (Å²) in [6, 6.07) is 7.22. The van der Waals surface area contributed by atoms with Crippen LogP contribution in [0.2, 0.25) is 0 Å². The van der Waals surface area contributed by atoms with Crippen molar-refractivity contribution >= 4 is 11.7 Å². The Bertz CT molecular complexity index is 1020. The number of alkyl halides is 3. The number of nitrogens with one attached hydrogen (secondary N) is 1. The molecule has 0 radical (unpaired) electrons. The Hall–Kier alpha value is -3.25. The number of morpholine rings is 1. The summed E-state index contributed by atoms with van der Waals surface area (Å²) < 4.78 is 59.6. The second kappa shape index (κ2) is 9.94. The average molecular weight is 481 g/mol. The maximum absolute atomic E-state index is 13.4. The van der Waals surface area contributed by atoms with E-state index in [9.17, 15) is 22.4 Å². The minimum absolute atomic E-state index is 0.184. The van der Waals surface area contributed by atoms with Crippen molar-refractivity contribution in [2.24, 2.45) is 5.10 Å². The number of urea groups is 1. The molecule has 4 rings (SSSR count). The van der Waals surface area contributed by atoms with Gasteiger partial charge in [0.05, 0.1) is 37.6 Å². The number of hydrogen-bond donors (Lipinski definition) is 1. The summed E-state index contributed by atoms with van der Waals surface area (Å²) in [4.78, 5) is 18.8. The highest BCUT2D eigenvalue weighted by molar-refractivity contribution is 6.06. The van der Waals surface area contributed by atoms with Gasteiger partial charge in [-0.1, -0.05) is 18.2 Å². The Morgan fingerprint density at radius 3 is 2.50 bits per heavy atom. The van der Waals surface area contributed by atoms with E-state index >= 15 is 0 Å². The van der Waals surface area contributed by atoms with Crippen LogP contribution in [0.25, 0.3) is 0 Å². The molecule has 8 nitrogen and oxygen atoms in total. The zero-order chi connectivity index (χ0) is 24.3. The van der Waals surface area contributed by atoms with Gasteiger partial charge in [-0.15, -0.1) is 13.2 Å². The minimum Gasteiger partial charge on any atom is -0.388 e. The Labute approximate surface area is 193 Å². The second-order valence-corrected chi connectivity index (χ2v) is 7.89. The summed E-state index contributed by atoms with van der Waals surface area (Å²) in [7, 11) is 0. The Balaban J connectivity index is 1.46. The smallest absolute Gasteiger partial charge is 0.388 e. The number of benzene rings is 1. The van der Waals surface area contributed by atoms with Crippen LogP contribution in [0.5, 0.6) is 5.88 Å². The first-order valence-electron chi connectivity index (χ1n) is 10.7. The van der Waals surface area contributed by atoms with E-state index < -0.39 is 24.3 Å². The highest BCUT2D eigenvalue weighted by atomic mass is 19.4. The molecular weight excluding hydrogens is 458 g/mol. The highest BCUT2D eigenvalue weighted by Crippen LogP contribution is 2.24. The fraction of sp³-hybridized carbons (Fsp3) is 0.409. The highest BCUT2D eigenvalue weighted by Gasteiger charge is 2.36. The van der Waals surface area contributed by atoms with Crippen molar-refractivity contribution in [2.45, 2.75) is 25.4 Å². The van der Waals surface area contributed by atoms with Crippen LogP contribution in [0.4, 0.5) is 22.4 Å². The van der Waals surface area contributed by atoms with Gasteiger partial charge in [0.2, 0.25) is 5.88 Å². The van der Waals surface area contributed by atoms with Gasteiger partial charge in [0, 0.05) is 25.4 Å². The quantitative estimate of drug-likeness (QED) is 0.663. The maximum Gasteiger partial charge on any atom is 0.574 e. The van der Waals surface area contributed by atoms with Crippen LogP contribution in [-0.4, -0.2) is 71.9 Å². The molecule has 1 aromatic heterocycles. The third-order valence-electron chi connectivity index (χ3n) is 5.57. The molecule has 2 atom stereocenters. The molecule has 0 unspecified atom stereocenters. The average Bonchev–Trinajstić information content (AvgIpc) is 3.25. The normalized spacial score (nSPS) is 20.1. The van der Waals surface area contributed by atoms with Crippen molar-refractivity contribution in [3.8, 4) is 5.88 Å². The number of amides is 2. The molecule has 1 N–H and O–H groups in total. The van der Waals surface area contributed by atoms with Gasteiger partial charge < -0.3 is 14.8 Å². The van der Waals surface area contributed by atoms with Gasteiger partial charge in [0.1, 0.15) is 5.82 Å². The van der Waals surface area contributed by atoms with Crippen molar-refractivity contribution in [3.05, 3.63) is 59.5 Å². The van der Waals surface area contributed by atoms with Crippen LogP contribution >= 0.6 is 0 Å². The molecule has 3 heterocycles. The summed E-state index contributed by atoms with van der Waals surface area (Å²) in [5.74, 6) is -0.954. The minimum atomic E-state index is -4.83. The zero-order valence-corrected chi connectivity index (χ0v) is 18.3. The topological polar surface area (TPSA) is 79.3 Å². The number of ether oxygens (including phenoxy) is 2. The van der Waals surface area contributed by atoms with Gasteiger partial charge in [0.25, 0.3) is 0 Å². The van der Waals surface area contributed by atoms with E-state index in [-0.39, 0.29) is 11.9 Å². The molecular formula is C22H23F4N5O3. The van der Waals surface area contributed by atoms with Crippen LogP contribution in [0.3, 0.4) is 0 Å². The number of rotatable bonds is 5. The monoisotopic (exact) mass is 481 g/mol. The van der Waals surface area contributed by atoms with Gasteiger partial charge in [0.15, 0.2) is 0 Å². The molecule has 0 aliphatic carbocycles. The zero-order valence-electron chi connectivity index (χ0n) is 18.3. The van der Waals surface area contributed by atoms with Crippen LogP contribution in [-0.2, 0) is 4.74 Å². The molecule has 0 bridgehead atoms. The number of hydrogen-bond acceptors (Lipinski definition) is 6. The van der Waals surface area contributed by atoms with E-state index in [4.69, 9.17) is 4.74 Å². The Morgan fingerprint density at radius 2 is 1.88 bits per heavy atom. The lowest BCUT2D eigenvalue weighted by atomic mass is 10.0. The number of hydrazone groups is 1. The molecule has 0 spiro atoms. The number of pyridine rings is 1. The molecule has 1 saturated heterocycles. The molecule has 2 amide bonds. The molecule has 2 aliphatic heterocycles. The second-order valence-electron chi connectivity index (χ2n) is 7.89. The largest absolute Gasteiger partial charge is 0.574 e. The fourth-order valence-corrected chi connectivity index (χ4v) is 3.83. The SMILES string of the molecule is C[C@@H](NC(=O)N1C[C@H](N2CCOCC2)C(c2ccc(F)cc2)=N1)c1ccc(OC(F)(F)F)nc1. The molecule has 1 fully saturated rings. The summed E-state index contributed by atoms with van der Waals surface area (Å²) in [5, 5.41) is 8.61. The molecule has 12 heteroatoms. The number of nitrogens with zero attached hydrogens (tertiary/aromatic N) is 4. The summed E-state index contributed by atoms with van der Waals surface area (Å²) >= 11 is 0. The molecule has 182 valence electrons. The number of carbonyl (C=O) groups is 1. The first-order valence-corrected chi connectivity index (χ1v) is 10.7. The lowest BCUT2D eigenvalue weighted by Gasteiger charge is -2.32. The predicted octanol–water partition coefficient (Wildman–Crippen LogP) is 3.31. The number of carbonyl (C=O) groups excluding carboxylic acids is 1. The first kappa shape index (κ1) is 23.9. The Morgan fingerprint density at radius 1 is 1.18 bits per heavy atom. The van der Waals surface area contributed by atoms with Crippen LogP contribution in [0.1, 0.15) is 24.1 Å². The van der Waals surface area contributed by atoms with Gasteiger partial charge >= 0.3 is 12.4 Å². The molecule has 0 saturated carbocycles. The molecule has 2 aliphatic rings. The number of halogens is 4. The summed E-state index contributed by atoms with van der Waals surface area (Å²) in [6.45, 7) is 4.46. The van der Waals surface area contributed by atoms with E-state index in [2.05, 4.69) is 25.0 Å². The van der Waals surface area contributed by atoms with Crippen molar-refractivity contribution in [1.82, 2.24) is 20.2 Å². The van der Waals surface area contributed by atoms with E-state index in [0.717, 1.165) is 6.07 Å². The van der Waals surface area contributed by atoms with Crippen LogP contribution < -0.4 is 10.1 Å². The fourth-order valence-electron chi connectivity index (χ4n) is 3.83. The lowest BCUT2D eigenvalue weighted by molar-refractivity contribution is -0.276. The molecule has 1 aromatic carbocycles. The summed E-state index contributed by atoms with van der Waals surface area (Å²) in [6.07, 6.45) is -3.62. The Kier molecular flexibility index (Phi) is 6.98. The van der Waals surface area contributed by atoms with Crippen LogP contribution in [0, 0.1) is 5.82 Å². The third kappa shape index (κ3) is 5.81. The number of aromatic nitrogens is 1.